The molecule has 0 spiro atoms. The highest BCUT2D eigenvalue weighted by Gasteiger charge is 2.29. The third-order valence-electron chi connectivity index (χ3n) is 5.58. The fourth-order valence-electron chi connectivity index (χ4n) is 3.68. The number of sulfonamides is 1. The molecule has 1 saturated heterocycles. The zero-order valence-corrected chi connectivity index (χ0v) is 20.6. The summed E-state index contributed by atoms with van der Waals surface area (Å²) in [5.74, 6) is -1.15. The molecular weight excluding hydrogens is 458 g/mol. The molecule has 2 aromatic carbocycles. The predicted molar refractivity (Wildman–Crippen MR) is 130 cm³/mol. The number of carbonyl (C=O) groups excluding carboxylic acids is 2. The number of carbonyl (C=O) groups is 2. The Morgan fingerprint density at radius 1 is 1.00 bits per heavy atom. The Hall–Kier alpha value is -3.11. The smallest absolute Gasteiger partial charge is 0.338 e. The zero-order valence-electron chi connectivity index (χ0n) is 19.7. The number of esters is 1. The van der Waals surface area contributed by atoms with Crippen LogP contribution < -0.4 is 15.0 Å². The van der Waals surface area contributed by atoms with Crippen LogP contribution in [0.1, 0.15) is 36.0 Å². The molecule has 0 atom stereocenters. The van der Waals surface area contributed by atoms with Crippen LogP contribution in [0, 0.1) is 0 Å². The summed E-state index contributed by atoms with van der Waals surface area (Å²) in [5.41, 5.74) is 1.58. The number of hydrogen-bond donors (Lipinski definition) is 1. The van der Waals surface area contributed by atoms with Crippen LogP contribution in [0.4, 0.5) is 11.4 Å². The van der Waals surface area contributed by atoms with Gasteiger partial charge in [0, 0.05) is 38.6 Å². The molecule has 0 aromatic heterocycles. The van der Waals surface area contributed by atoms with Gasteiger partial charge in [-0.2, -0.15) is 4.31 Å². The van der Waals surface area contributed by atoms with Crippen LogP contribution in [0.5, 0.6) is 5.75 Å². The molecule has 10 heteroatoms. The minimum atomic E-state index is -3.85. The molecule has 9 nitrogen and oxygen atoms in total. The molecule has 0 unspecified atom stereocenters. The van der Waals surface area contributed by atoms with E-state index in [0.717, 1.165) is 31.4 Å². The first kappa shape index (κ1) is 25.5. The van der Waals surface area contributed by atoms with E-state index in [0.29, 0.717) is 18.8 Å². The summed E-state index contributed by atoms with van der Waals surface area (Å²) < 4.78 is 38.3. The van der Waals surface area contributed by atoms with Gasteiger partial charge in [-0.15, -0.1) is 0 Å². The van der Waals surface area contributed by atoms with Crippen molar-refractivity contribution in [3.05, 3.63) is 48.0 Å². The molecule has 0 bridgehead atoms. The van der Waals surface area contributed by atoms with Gasteiger partial charge < -0.3 is 19.7 Å². The molecular formula is C24H31N3O6S. The number of anilines is 2. The van der Waals surface area contributed by atoms with Crippen molar-refractivity contribution in [2.24, 2.45) is 0 Å². The first-order valence-electron chi connectivity index (χ1n) is 11.1. The summed E-state index contributed by atoms with van der Waals surface area (Å²) in [4.78, 5) is 26.6. The lowest BCUT2D eigenvalue weighted by Crippen LogP contribution is -2.32. The number of amides is 1. The monoisotopic (exact) mass is 489 g/mol. The number of rotatable bonds is 8. The maximum atomic E-state index is 13.3. The van der Waals surface area contributed by atoms with Crippen molar-refractivity contribution in [1.82, 2.24) is 4.31 Å². The molecule has 2 aromatic rings. The van der Waals surface area contributed by atoms with E-state index >= 15 is 0 Å². The van der Waals surface area contributed by atoms with Gasteiger partial charge >= 0.3 is 5.97 Å². The fourth-order valence-corrected chi connectivity index (χ4v) is 5.38. The average molecular weight is 490 g/mol. The number of nitrogens with one attached hydrogen (secondary N) is 1. The van der Waals surface area contributed by atoms with Gasteiger partial charge in [-0.05, 0) is 55.3 Å². The number of benzene rings is 2. The second kappa shape index (κ2) is 11.3. The highest BCUT2D eigenvalue weighted by Crippen LogP contribution is 2.29. The fraction of sp³-hybridized carbons (Fsp3) is 0.417. The van der Waals surface area contributed by atoms with E-state index in [9.17, 15) is 18.0 Å². The number of ether oxygens (including phenoxy) is 2. The van der Waals surface area contributed by atoms with Crippen molar-refractivity contribution in [1.29, 1.82) is 0 Å². The molecule has 1 aliphatic rings. The Labute approximate surface area is 200 Å². The van der Waals surface area contributed by atoms with Crippen LogP contribution >= 0.6 is 0 Å². The molecule has 1 fully saturated rings. The van der Waals surface area contributed by atoms with Crippen molar-refractivity contribution < 1.29 is 27.5 Å². The summed E-state index contributed by atoms with van der Waals surface area (Å²) in [6, 6.07) is 11.3. The molecule has 184 valence electrons. The molecule has 0 saturated carbocycles. The van der Waals surface area contributed by atoms with E-state index in [2.05, 4.69) is 5.32 Å². The van der Waals surface area contributed by atoms with Crippen molar-refractivity contribution in [3.63, 3.8) is 0 Å². The largest absolute Gasteiger partial charge is 0.495 e. The predicted octanol–water partition coefficient (Wildman–Crippen LogP) is 3.12. The van der Waals surface area contributed by atoms with E-state index in [1.807, 2.05) is 31.1 Å². The Morgan fingerprint density at radius 3 is 2.24 bits per heavy atom. The van der Waals surface area contributed by atoms with Gasteiger partial charge in [0.2, 0.25) is 10.0 Å². The Kier molecular flexibility index (Phi) is 8.51. The molecule has 1 N–H and O–H groups in total. The van der Waals surface area contributed by atoms with Gasteiger partial charge in [0.15, 0.2) is 6.61 Å². The van der Waals surface area contributed by atoms with Crippen molar-refractivity contribution in [2.45, 2.75) is 30.6 Å². The number of methoxy groups -OCH3 is 1. The Morgan fingerprint density at radius 2 is 1.65 bits per heavy atom. The second-order valence-electron chi connectivity index (χ2n) is 8.25. The average Bonchev–Trinajstić information content (AvgIpc) is 3.13. The molecule has 1 amide bonds. The SMILES string of the molecule is COc1ccc(C(=O)OCC(=O)Nc2ccc(N(C)C)cc2)cc1S(=O)(=O)N1CCCCCC1. The van der Waals surface area contributed by atoms with Gasteiger partial charge in [-0.25, -0.2) is 13.2 Å². The van der Waals surface area contributed by atoms with Crippen LogP contribution in [0.2, 0.25) is 0 Å². The molecule has 3 rings (SSSR count). The lowest BCUT2D eigenvalue weighted by atomic mass is 10.2. The van der Waals surface area contributed by atoms with E-state index < -0.39 is 28.5 Å². The van der Waals surface area contributed by atoms with Crippen LogP contribution in [0.25, 0.3) is 0 Å². The van der Waals surface area contributed by atoms with Gasteiger partial charge in [0.05, 0.1) is 12.7 Å². The maximum Gasteiger partial charge on any atom is 0.338 e. The van der Waals surface area contributed by atoms with Crippen molar-refractivity contribution in [2.75, 3.05) is 51.1 Å². The summed E-state index contributed by atoms with van der Waals surface area (Å²) >= 11 is 0. The molecule has 0 aliphatic carbocycles. The van der Waals surface area contributed by atoms with E-state index in [4.69, 9.17) is 9.47 Å². The lowest BCUT2D eigenvalue weighted by Gasteiger charge is -2.21. The normalized spacial score (nSPS) is 14.7. The quantitative estimate of drug-likeness (QED) is 0.568. The highest BCUT2D eigenvalue weighted by atomic mass is 32.2. The Balaban J connectivity index is 1.68. The van der Waals surface area contributed by atoms with Gasteiger partial charge in [0.1, 0.15) is 10.6 Å². The highest BCUT2D eigenvalue weighted by molar-refractivity contribution is 7.89. The number of nitrogens with zero attached hydrogens (tertiary/aromatic N) is 2. The summed E-state index contributed by atoms with van der Waals surface area (Å²) in [6.45, 7) is 0.347. The van der Waals surface area contributed by atoms with Crippen molar-refractivity contribution in [3.8, 4) is 5.75 Å². The van der Waals surface area contributed by atoms with E-state index in [-0.39, 0.29) is 16.2 Å². The maximum absolute atomic E-state index is 13.3. The molecule has 1 heterocycles. The first-order chi connectivity index (χ1) is 16.2. The van der Waals surface area contributed by atoms with Crippen LogP contribution in [0.3, 0.4) is 0 Å². The van der Waals surface area contributed by atoms with Gasteiger partial charge in [0.25, 0.3) is 5.91 Å². The molecule has 0 radical (unpaired) electrons. The minimum Gasteiger partial charge on any atom is -0.495 e. The second-order valence-corrected chi connectivity index (χ2v) is 10.2. The third-order valence-corrected chi connectivity index (χ3v) is 7.50. The van der Waals surface area contributed by atoms with Crippen LogP contribution in [-0.2, 0) is 19.6 Å². The molecule has 1 aliphatic heterocycles. The number of hydrogen-bond acceptors (Lipinski definition) is 7. The standard InChI is InChI=1S/C24H31N3O6S/c1-26(2)20-11-9-19(10-12-20)25-23(28)17-33-24(29)18-8-13-21(32-3)22(16-18)34(30,31)27-14-6-4-5-7-15-27/h8-13,16H,4-7,14-15,17H2,1-3H3,(H,25,28). The lowest BCUT2D eigenvalue weighted by molar-refractivity contribution is -0.119. The molecule has 34 heavy (non-hydrogen) atoms. The topological polar surface area (TPSA) is 105 Å². The summed E-state index contributed by atoms with van der Waals surface area (Å²) in [7, 11) is 1.36. The first-order valence-corrected chi connectivity index (χ1v) is 12.6. The summed E-state index contributed by atoms with van der Waals surface area (Å²) in [6.07, 6.45) is 3.54. The van der Waals surface area contributed by atoms with E-state index in [1.54, 1.807) is 12.1 Å². The van der Waals surface area contributed by atoms with Crippen molar-refractivity contribution >= 4 is 33.3 Å². The van der Waals surface area contributed by atoms with E-state index in [1.165, 1.54) is 29.6 Å². The minimum absolute atomic E-state index is 0.0253. The van der Waals surface area contributed by atoms with Crippen LogP contribution in [-0.4, -0.2) is 65.5 Å². The zero-order chi connectivity index (χ0) is 24.7. The Bertz CT molecular complexity index is 1110. The summed E-state index contributed by atoms with van der Waals surface area (Å²) in [5, 5.41) is 2.66. The van der Waals surface area contributed by atoms with Gasteiger partial charge in [-0.1, -0.05) is 12.8 Å². The van der Waals surface area contributed by atoms with Crippen LogP contribution in [0.15, 0.2) is 47.4 Å². The third kappa shape index (κ3) is 6.27. The van der Waals surface area contributed by atoms with Gasteiger partial charge in [-0.3, -0.25) is 4.79 Å².